The number of ether oxygens (including phenoxy) is 1. The zero-order valence-electron chi connectivity index (χ0n) is 12.5. The van der Waals surface area contributed by atoms with E-state index in [0.717, 1.165) is 0 Å². The van der Waals surface area contributed by atoms with Gasteiger partial charge in [-0.2, -0.15) is 0 Å². The maximum atomic E-state index is 12.7. The molecule has 1 fully saturated rings. The fraction of sp³-hybridized carbons (Fsp3) is 0.353. The quantitative estimate of drug-likeness (QED) is 0.364. The molecule has 1 aliphatic carbocycles. The highest BCUT2D eigenvalue weighted by Gasteiger charge is 2.50. The number of anilines is 1. The van der Waals surface area contributed by atoms with Crippen molar-refractivity contribution in [1.29, 1.82) is 0 Å². The van der Waals surface area contributed by atoms with Crippen molar-refractivity contribution in [3.05, 3.63) is 36.4 Å². The van der Waals surface area contributed by atoms with E-state index in [9.17, 15) is 14.4 Å². The molecule has 2 aliphatic rings. The lowest BCUT2D eigenvalue weighted by atomic mass is 9.78. The number of hydrogen-bond acceptors (Lipinski definition) is 4. The van der Waals surface area contributed by atoms with Crippen LogP contribution in [-0.2, 0) is 14.4 Å². The van der Waals surface area contributed by atoms with E-state index in [-0.39, 0.29) is 29.6 Å². The molecule has 0 radical (unpaired) electrons. The molecule has 1 aliphatic heterocycles. The lowest BCUT2D eigenvalue weighted by Crippen LogP contribution is -2.31. The van der Waals surface area contributed by atoms with Crippen LogP contribution in [0.3, 0.4) is 0 Å². The molecule has 0 saturated carbocycles. The molecule has 1 aromatic carbocycles. The Morgan fingerprint density at radius 3 is 2.73 bits per heavy atom. The van der Waals surface area contributed by atoms with Crippen LogP contribution in [0.1, 0.15) is 20.3 Å². The van der Waals surface area contributed by atoms with Crippen LogP contribution in [0.5, 0.6) is 5.75 Å². The number of carbonyl (C=O) groups excluding carboxylic acids is 3. The average molecular weight is 299 g/mol. The zero-order chi connectivity index (χ0) is 15.9. The molecule has 3 atom stereocenters. The lowest BCUT2D eigenvalue weighted by Gasteiger charge is -2.22. The summed E-state index contributed by atoms with van der Waals surface area (Å²) in [6, 6.07) is 6.51. The van der Waals surface area contributed by atoms with Crippen molar-refractivity contribution in [2.24, 2.45) is 17.8 Å². The first kappa shape index (κ1) is 14.5. The third kappa shape index (κ3) is 2.32. The molecule has 1 heterocycles. The molecule has 1 saturated heterocycles. The molecule has 3 rings (SSSR count). The van der Waals surface area contributed by atoms with Crippen molar-refractivity contribution in [1.82, 2.24) is 0 Å². The van der Waals surface area contributed by atoms with Crippen LogP contribution in [0.4, 0.5) is 5.69 Å². The van der Waals surface area contributed by atoms with Crippen molar-refractivity contribution < 1.29 is 19.1 Å². The van der Waals surface area contributed by atoms with Crippen LogP contribution >= 0.6 is 0 Å². The Morgan fingerprint density at radius 1 is 1.27 bits per heavy atom. The van der Waals surface area contributed by atoms with E-state index in [0.29, 0.717) is 17.9 Å². The number of allylic oxidation sites excluding steroid dienone is 2. The van der Waals surface area contributed by atoms with Crippen LogP contribution in [0.25, 0.3) is 0 Å². The van der Waals surface area contributed by atoms with E-state index < -0.39 is 5.97 Å². The summed E-state index contributed by atoms with van der Waals surface area (Å²) < 4.78 is 5.02. The molecule has 22 heavy (non-hydrogen) atoms. The molecular weight excluding hydrogens is 282 g/mol. The number of fused-ring (bicyclic) bond motifs is 1. The van der Waals surface area contributed by atoms with Gasteiger partial charge in [0.1, 0.15) is 5.75 Å². The maximum absolute atomic E-state index is 12.7. The SMILES string of the molecule is CC(=O)Oc1cccc(N2C(=O)[C@@H]3[C@H](C)C=CC[C@H]3C2=O)c1. The highest BCUT2D eigenvalue weighted by Crippen LogP contribution is 2.40. The summed E-state index contributed by atoms with van der Waals surface area (Å²) in [5.74, 6) is -0.996. The molecule has 0 unspecified atom stereocenters. The topological polar surface area (TPSA) is 63.7 Å². The van der Waals surface area contributed by atoms with Gasteiger partial charge in [-0.1, -0.05) is 25.1 Å². The standard InChI is InChI=1S/C17H17NO4/c1-10-5-3-8-14-15(10)17(21)18(16(14)20)12-6-4-7-13(9-12)22-11(2)19/h3-7,9-10,14-15H,8H2,1-2H3/t10-,14-,15-/m1/s1. The number of rotatable bonds is 2. The largest absolute Gasteiger partial charge is 0.427 e. The fourth-order valence-electron chi connectivity index (χ4n) is 3.25. The molecule has 5 heteroatoms. The van der Waals surface area contributed by atoms with Gasteiger partial charge in [-0.3, -0.25) is 14.4 Å². The van der Waals surface area contributed by atoms with Crippen molar-refractivity contribution in [3.63, 3.8) is 0 Å². The Morgan fingerprint density at radius 2 is 2.05 bits per heavy atom. The van der Waals surface area contributed by atoms with Gasteiger partial charge in [0, 0.05) is 13.0 Å². The smallest absolute Gasteiger partial charge is 0.308 e. The van der Waals surface area contributed by atoms with E-state index >= 15 is 0 Å². The van der Waals surface area contributed by atoms with Gasteiger partial charge in [0.05, 0.1) is 17.5 Å². The molecular formula is C17H17NO4. The van der Waals surface area contributed by atoms with E-state index in [1.165, 1.54) is 11.8 Å². The summed E-state index contributed by atoms with van der Waals surface area (Å²) in [6.07, 6.45) is 4.56. The molecule has 5 nitrogen and oxygen atoms in total. The van der Waals surface area contributed by atoms with Crippen LogP contribution in [0, 0.1) is 17.8 Å². The average Bonchev–Trinajstić information content (AvgIpc) is 2.71. The van der Waals surface area contributed by atoms with Gasteiger partial charge >= 0.3 is 5.97 Å². The second kappa shape index (κ2) is 5.40. The number of nitrogens with zero attached hydrogens (tertiary/aromatic N) is 1. The molecule has 0 spiro atoms. The Balaban J connectivity index is 1.94. The summed E-state index contributed by atoms with van der Waals surface area (Å²) in [6.45, 7) is 3.26. The van der Waals surface area contributed by atoms with E-state index in [4.69, 9.17) is 4.74 Å². The summed E-state index contributed by atoms with van der Waals surface area (Å²) in [5.41, 5.74) is 0.454. The molecule has 0 N–H and O–H groups in total. The highest BCUT2D eigenvalue weighted by molar-refractivity contribution is 6.22. The predicted octanol–water partition coefficient (Wildman–Crippen LogP) is 2.31. The third-order valence-electron chi connectivity index (χ3n) is 4.21. The van der Waals surface area contributed by atoms with Gasteiger partial charge in [-0.25, -0.2) is 4.90 Å². The first-order valence-corrected chi connectivity index (χ1v) is 7.32. The van der Waals surface area contributed by atoms with Crippen molar-refractivity contribution in [2.45, 2.75) is 20.3 Å². The molecule has 0 bridgehead atoms. The second-order valence-corrected chi connectivity index (χ2v) is 5.76. The number of benzene rings is 1. The number of carbonyl (C=O) groups is 3. The van der Waals surface area contributed by atoms with Gasteiger partial charge in [-0.05, 0) is 24.5 Å². The molecule has 2 amide bonds. The van der Waals surface area contributed by atoms with Crippen molar-refractivity contribution >= 4 is 23.5 Å². The first-order chi connectivity index (χ1) is 10.5. The summed E-state index contributed by atoms with van der Waals surface area (Å²) in [7, 11) is 0. The Kier molecular flexibility index (Phi) is 3.56. The second-order valence-electron chi connectivity index (χ2n) is 5.76. The number of amides is 2. The van der Waals surface area contributed by atoms with E-state index in [2.05, 4.69) is 0 Å². The molecule has 114 valence electrons. The van der Waals surface area contributed by atoms with Crippen LogP contribution in [-0.4, -0.2) is 17.8 Å². The lowest BCUT2D eigenvalue weighted by molar-refractivity contribution is -0.132. The minimum atomic E-state index is -0.442. The van der Waals surface area contributed by atoms with Crippen LogP contribution in [0.15, 0.2) is 36.4 Å². The Labute approximate surface area is 128 Å². The minimum absolute atomic E-state index is 0.0526. The summed E-state index contributed by atoms with van der Waals surface area (Å²) in [4.78, 5) is 37.5. The monoisotopic (exact) mass is 299 g/mol. The predicted molar refractivity (Wildman–Crippen MR) is 80.1 cm³/mol. The highest BCUT2D eigenvalue weighted by atomic mass is 16.5. The van der Waals surface area contributed by atoms with Gasteiger partial charge in [-0.15, -0.1) is 0 Å². The number of imide groups is 1. The summed E-state index contributed by atoms with van der Waals surface area (Å²) >= 11 is 0. The van der Waals surface area contributed by atoms with Gasteiger partial charge in [0.2, 0.25) is 11.8 Å². The first-order valence-electron chi connectivity index (χ1n) is 7.32. The van der Waals surface area contributed by atoms with E-state index in [1.54, 1.807) is 24.3 Å². The Bertz CT molecular complexity index is 679. The molecule has 1 aromatic rings. The Hall–Kier alpha value is -2.43. The van der Waals surface area contributed by atoms with Crippen molar-refractivity contribution in [3.8, 4) is 5.75 Å². The zero-order valence-corrected chi connectivity index (χ0v) is 12.5. The third-order valence-corrected chi connectivity index (χ3v) is 4.21. The summed E-state index contributed by atoms with van der Waals surface area (Å²) in [5, 5.41) is 0. The van der Waals surface area contributed by atoms with E-state index in [1.807, 2.05) is 19.1 Å². The van der Waals surface area contributed by atoms with Crippen LogP contribution in [0.2, 0.25) is 0 Å². The number of hydrogen-bond donors (Lipinski definition) is 0. The van der Waals surface area contributed by atoms with Gasteiger partial charge in [0.25, 0.3) is 0 Å². The number of esters is 1. The van der Waals surface area contributed by atoms with Gasteiger partial charge in [0.15, 0.2) is 0 Å². The normalized spacial score (nSPS) is 27.0. The maximum Gasteiger partial charge on any atom is 0.308 e. The van der Waals surface area contributed by atoms with Crippen molar-refractivity contribution in [2.75, 3.05) is 4.90 Å². The van der Waals surface area contributed by atoms with Crippen LogP contribution < -0.4 is 9.64 Å². The minimum Gasteiger partial charge on any atom is -0.427 e. The van der Waals surface area contributed by atoms with Gasteiger partial charge < -0.3 is 4.74 Å². The molecule has 0 aromatic heterocycles. The fourth-order valence-corrected chi connectivity index (χ4v) is 3.25.